The Morgan fingerprint density at radius 1 is 1.14 bits per heavy atom. The number of nitro groups is 1. The van der Waals surface area contributed by atoms with Gasteiger partial charge in [0.2, 0.25) is 11.8 Å². The summed E-state index contributed by atoms with van der Waals surface area (Å²) in [4.78, 5) is 47.5. The van der Waals surface area contributed by atoms with Gasteiger partial charge in [0.25, 0.3) is 11.6 Å². The monoisotopic (exact) mass is 404 g/mol. The van der Waals surface area contributed by atoms with Crippen LogP contribution in [-0.4, -0.2) is 29.2 Å². The first-order valence-corrected chi connectivity index (χ1v) is 8.36. The number of nitrogens with zero attached hydrogens (tertiary/aromatic N) is 2. The zero-order chi connectivity index (χ0) is 21.1. The SMILES string of the molecule is O=C(NNC(=O)C1CC(=O)N(c2ccc(F)cc2F)C1)c1cccc([N+](=O)[O-])c1. The van der Waals surface area contributed by atoms with E-state index in [1.807, 2.05) is 0 Å². The van der Waals surface area contributed by atoms with Crippen LogP contribution in [0.5, 0.6) is 0 Å². The number of non-ortho nitro benzene ring substituents is 1. The molecule has 0 radical (unpaired) electrons. The Morgan fingerprint density at radius 3 is 2.59 bits per heavy atom. The van der Waals surface area contributed by atoms with Gasteiger partial charge in [-0.2, -0.15) is 0 Å². The number of amides is 3. The van der Waals surface area contributed by atoms with Crippen molar-refractivity contribution in [1.82, 2.24) is 10.9 Å². The number of carbonyl (C=O) groups is 3. The lowest BCUT2D eigenvalue weighted by Crippen LogP contribution is -2.45. The predicted molar refractivity (Wildman–Crippen MR) is 95.5 cm³/mol. The summed E-state index contributed by atoms with van der Waals surface area (Å²) >= 11 is 0. The molecule has 1 atom stereocenters. The van der Waals surface area contributed by atoms with Crippen LogP contribution in [0.2, 0.25) is 0 Å². The number of benzene rings is 2. The summed E-state index contributed by atoms with van der Waals surface area (Å²) in [5, 5.41) is 10.8. The summed E-state index contributed by atoms with van der Waals surface area (Å²) < 4.78 is 26.9. The van der Waals surface area contributed by atoms with Crippen LogP contribution in [-0.2, 0) is 9.59 Å². The number of hydrazine groups is 1. The third-order valence-electron chi connectivity index (χ3n) is 4.31. The lowest BCUT2D eigenvalue weighted by atomic mass is 10.1. The third-order valence-corrected chi connectivity index (χ3v) is 4.31. The summed E-state index contributed by atoms with van der Waals surface area (Å²) in [6.07, 6.45) is -0.227. The topological polar surface area (TPSA) is 122 Å². The highest BCUT2D eigenvalue weighted by molar-refractivity contribution is 6.01. The highest BCUT2D eigenvalue weighted by Crippen LogP contribution is 2.27. The van der Waals surface area contributed by atoms with Gasteiger partial charge in [-0.25, -0.2) is 8.78 Å². The standard InChI is InChI=1S/C18H14F2N4O5/c19-12-4-5-15(14(20)8-12)23-9-11(7-16(23)25)18(27)22-21-17(26)10-2-1-3-13(6-10)24(28)29/h1-6,8,11H,7,9H2,(H,21,26)(H,22,27). The minimum Gasteiger partial charge on any atom is -0.309 e. The van der Waals surface area contributed by atoms with Gasteiger partial charge in [-0.3, -0.25) is 35.3 Å². The molecule has 3 amide bonds. The zero-order valence-electron chi connectivity index (χ0n) is 14.7. The number of carbonyl (C=O) groups excluding carboxylic acids is 3. The maximum absolute atomic E-state index is 13.9. The lowest BCUT2D eigenvalue weighted by Gasteiger charge is -2.17. The fourth-order valence-corrected chi connectivity index (χ4v) is 2.87. The van der Waals surface area contributed by atoms with Crippen molar-refractivity contribution in [3.05, 3.63) is 69.8 Å². The van der Waals surface area contributed by atoms with Crippen LogP contribution in [0.4, 0.5) is 20.2 Å². The van der Waals surface area contributed by atoms with Crippen LogP contribution >= 0.6 is 0 Å². The van der Waals surface area contributed by atoms with Gasteiger partial charge in [0.15, 0.2) is 0 Å². The highest BCUT2D eigenvalue weighted by atomic mass is 19.1. The van der Waals surface area contributed by atoms with Crippen LogP contribution in [0, 0.1) is 27.7 Å². The first kappa shape index (κ1) is 19.9. The van der Waals surface area contributed by atoms with Gasteiger partial charge in [-0.1, -0.05) is 6.07 Å². The van der Waals surface area contributed by atoms with Crippen LogP contribution in [0.3, 0.4) is 0 Å². The number of halogens is 2. The summed E-state index contributed by atoms with van der Waals surface area (Å²) in [5.41, 5.74) is 3.78. The van der Waals surface area contributed by atoms with Crippen LogP contribution in [0.1, 0.15) is 16.8 Å². The molecule has 0 saturated carbocycles. The van der Waals surface area contributed by atoms with Crippen molar-refractivity contribution in [3.63, 3.8) is 0 Å². The van der Waals surface area contributed by atoms with E-state index in [0.29, 0.717) is 6.07 Å². The molecular formula is C18H14F2N4O5. The Morgan fingerprint density at radius 2 is 1.90 bits per heavy atom. The van der Waals surface area contributed by atoms with Gasteiger partial charge in [0, 0.05) is 36.7 Å². The smallest absolute Gasteiger partial charge is 0.270 e. The van der Waals surface area contributed by atoms with Crippen molar-refractivity contribution < 1.29 is 28.1 Å². The maximum Gasteiger partial charge on any atom is 0.270 e. The lowest BCUT2D eigenvalue weighted by molar-refractivity contribution is -0.384. The molecule has 2 aromatic carbocycles. The van der Waals surface area contributed by atoms with Gasteiger partial charge < -0.3 is 4.90 Å². The average Bonchev–Trinajstić information content (AvgIpc) is 3.07. The molecule has 0 aromatic heterocycles. The van der Waals surface area contributed by atoms with E-state index >= 15 is 0 Å². The molecule has 11 heteroatoms. The summed E-state index contributed by atoms with van der Waals surface area (Å²) in [6, 6.07) is 7.63. The van der Waals surface area contributed by atoms with Crippen molar-refractivity contribution in [2.75, 3.05) is 11.4 Å². The Bertz CT molecular complexity index is 1010. The Balaban J connectivity index is 1.61. The van der Waals surface area contributed by atoms with Crippen molar-refractivity contribution in [2.45, 2.75) is 6.42 Å². The van der Waals surface area contributed by atoms with Crippen LogP contribution in [0.15, 0.2) is 42.5 Å². The van der Waals surface area contributed by atoms with Gasteiger partial charge in [0.05, 0.1) is 16.5 Å². The average molecular weight is 404 g/mol. The minimum atomic E-state index is -0.932. The van der Waals surface area contributed by atoms with E-state index in [1.165, 1.54) is 18.2 Å². The number of nitrogens with one attached hydrogen (secondary N) is 2. The largest absolute Gasteiger partial charge is 0.309 e. The molecule has 0 bridgehead atoms. The molecule has 150 valence electrons. The molecule has 1 heterocycles. The Kier molecular flexibility index (Phi) is 5.48. The summed E-state index contributed by atoms with van der Waals surface area (Å²) in [7, 11) is 0. The Labute approximate surface area is 162 Å². The molecule has 1 aliphatic heterocycles. The van der Waals surface area contributed by atoms with Gasteiger partial charge >= 0.3 is 0 Å². The Hall–Kier alpha value is -3.89. The van der Waals surface area contributed by atoms with Gasteiger partial charge in [0.1, 0.15) is 11.6 Å². The molecule has 29 heavy (non-hydrogen) atoms. The molecule has 9 nitrogen and oxygen atoms in total. The molecule has 2 aromatic rings. The molecule has 1 fully saturated rings. The van der Waals surface area contributed by atoms with Gasteiger partial charge in [-0.15, -0.1) is 0 Å². The first-order chi connectivity index (χ1) is 13.8. The van der Waals surface area contributed by atoms with E-state index in [9.17, 15) is 33.3 Å². The number of nitro benzene ring substituents is 1. The van der Waals surface area contributed by atoms with E-state index in [1.54, 1.807) is 0 Å². The summed E-state index contributed by atoms with van der Waals surface area (Å²) in [6.45, 7) is -0.153. The van der Waals surface area contributed by atoms with Crippen molar-refractivity contribution >= 4 is 29.1 Å². The van der Waals surface area contributed by atoms with Crippen molar-refractivity contribution in [1.29, 1.82) is 0 Å². The molecule has 1 saturated heterocycles. The second kappa shape index (κ2) is 8.00. The number of hydrogen-bond donors (Lipinski definition) is 2. The zero-order valence-corrected chi connectivity index (χ0v) is 14.7. The molecule has 0 spiro atoms. The molecule has 1 aliphatic rings. The fraction of sp³-hybridized carbons (Fsp3) is 0.167. The molecule has 1 unspecified atom stereocenters. The summed E-state index contributed by atoms with van der Waals surface area (Å²) in [5.74, 6) is -4.61. The van der Waals surface area contributed by atoms with E-state index in [-0.39, 0.29) is 29.9 Å². The molecule has 3 rings (SSSR count). The van der Waals surface area contributed by atoms with Gasteiger partial charge in [-0.05, 0) is 18.2 Å². The second-order valence-electron chi connectivity index (χ2n) is 6.25. The first-order valence-electron chi connectivity index (χ1n) is 8.36. The number of rotatable bonds is 4. The number of hydrogen-bond acceptors (Lipinski definition) is 5. The van der Waals surface area contributed by atoms with Crippen LogP contribution in [0.25, 0.3) is 0 Å². The van der Waals surface area contributed by atoms with E-state index < -0.39 is 40.2 Å². The quantitative estimate of drug-likeness (QED) is 0.593. The molecular weight excluding hydrogens is 390 g/mol. The van der Waals surface area contributed by atoms with E-state index in [2.05, 4.69) is 10.9 Å². The normalized spacial score (nSPS) is 15.9. The van der Waals surface area contributed by atoms with E-state index in [4.69, 9.17) is 0 Å². The third kappa shape index (κ3) is 4.34. The highest BCUT2D eigenvalue weighted by Gasteiger charge is 2.36. The molecule has 2 N–H and O–H groups in total. The fourth-order valence-electron chi connectivity index (χ4n) is 2.87. The minimum absolute atomic E-state index is 0.0444. The van der Waals surface area contributed by atoms with Crippen LogP contribution < -0.4 is 15.8 Å². The van der Waals surface area contributed by atoms with E-state index in [0.717, 1.165) is 23.1 Å². The maximum atomic E-state index is 13.9. The van der Waals surface area contributed by atoms with Crippen molar-refractivity contribution in [2.24, 2.45) is 5.92 Å². The predicted octanol–water partition coefficient (Wildman–Crippen LogP) is 1.69. The second-order valence-corrected chi connectivity index (χ2v) is 6.25. The number of anilines is 1. The molecule has 0 aliphatic carbocycles. The van der Waals surface area contributed by atoms with Crippen molar-refractivity contribution in [3.8, 4) is 0 Å².